The van der Waals surface area contributed by atoms with Crippen LogP contribution in [0.15, 0.2) is 42.5 Å². The molecule has 2 N–H and O–H groups in total. The zero-order valence-corrected chi connectivity index (χ0v) is 16.1. The van der Waals surface area contributed by atoms with Gasteiger partial charge in [-0.05, 0) is 72.4 Å². The predicted octanol–water partition coefficient (Wildman–Crippen LogP) is 5.96. The fraction of sp³-hybridized carbons (Fsp3) is 0.435. The highest BCUT2D eigenvalue weighted by Crippen LogP contribution is 2.25. The number of benzene rings is 2. The van der Waals surface area contributed by atoms with E-state index in [2.05, 4.69) is 67.8 Å². The average molecular weight is 351 g/mol. The third-order valence-corrected chi connectivity index (χ3v) is 5.59. The van der Waals surface area contributed by atoms with Crippen molar-refractivity contribution < 1.29 is 4.79 Å². The molecule has 0 saturated carbocycles. The molecule has 26 heavy (non-hydrogen) atoms. The van der Waals surface area contributed by atoms with Crippen LogP contribution in [0, 0.1) is 0 Å². The van der Waals surface area contributed by atoms with Gasteiger partial charge in [0, 0.05) is 5.69 Å². The van der Waals surface area contributed by atoms with E-state index in [1.165, 1.54) is 23.1 Å². The quantitative estimate of drug-likeness (QED) is 0.663. The summed E-state index contributed by atoms with van der Waals surface area (Å²) in [5.41, 5.74) is 6.18. The highest BCUT2D eigenvalue weighted by Gasteiger charge is 2.15. The zero-order chi connectivity index (χ0) is 18.5. The average Bonchev–Trinajstić information content (AvgIpc) is 3.13. The lowest BCUT2D eigenvalue weighted by molar-refractivity contribution is 0.248. The molecule has 0 aromatic heterocycles. The number of amides is 2. The molecule has 3 nitrogen and oxygen atoms in total. The lowest BCUT2D eigenvalue weighted by Gasteiger charge is -2.19. The van der Waals surface area contributed by atoms with Gasteiger partial charge in [-0.15, -0.1) is 0 Å². The van der Waals surface area contributed by atoms with Gasteiger partial charge in [0.05, 0.1) is 6.04 Å². The molecule has 0 bridgehead atoms. The summed E-state index contributed by atoms with van der Waals surface area (Å²) in [7, 11) is 0. The maximum absolute atomic E-state index is 12.5. The number of urea groups is 1. The number of fused-ring (bicyclic) bond motifs is 1. The third-order valence-electron chi connectivity index (χ3n) is 5.59. The van der Waals surface area contributed by atoms with Gasteiger partial charge in [0.2, 0.25) is 0 Å². The van der Waals surface area contributed by atoms with Crippen LogP contribution >= 0.6 is 0 Å². The van der Waals surface area contributed by atoms with Crippen molar-refractivity contribution in [2.45, 2.75) is 64.8 Å². The smallest absolute Gasteiger partial charge is 0.319 e. The summed E-state index contributed by atoms with van der Waals surface area (Å²) in [5, 5.41) is 6.11. The molecule has 2 amide bonds. The van der Waals surface area contributed by atoms with Gasteiger partial charge < -0.3 is 10.6 Å². The van der Waals surface area contributed by atoms with Gasteiger partial charge in [0.15, 0.2) is 0 Å². The number of hydrogen-bond donors (Lipinski definition) is 2. The van der Waals surface area contributed by atoms with E-state index < -0.39 is 0 Å². The molecule has 0 aliphatic heterocycles. The summed E-state index contributed by atoms with van der Waals surface area (Å²) < 4.78 is 0. The van der Waals surface area contributed by atoms with E-state index in [-0.39, 0.29) is 12.1 Å². The molecule has 1 aliphatic rings. The van der Waals surface area contributed by atoms with Crippen LogP contribution in [0.4, 0.5) is 10.5 Å². The SMILES string of the molecule is CCC(C)c1ccc(C(CC)NC(=O)Nc2ccc3c(c2)CCC3)cc1. The van der Waals surface area contributed by atoms with Crippen molar-refractivity contribution in [3.63, 3.8) is 0 Å². The van der Waals surface area contributed by atoms with Crippen LogP contribution in [0.3, 0.4) is 0 Å². The largest absolute Gasteiger partial charge is 0.331 e. The van der Waals surface area contributed by atoms with Crippen molar-refractivity contribution in [2.24, 2.45) is 0 Å². The fourth-order valence-electron chi connectivity index (χ4n) is 3.69. The van der Waals surface area contributed by atoms with Crippen molar-refractivity contribution in [3.8, 4) is 0 Å². The zero-order valence-electron chi connectivity index (χ0n) is 16.1. The number of nitrogens with one attached hydrogen (secondary N) is 2. The van der Waals surface area contributed by atoms with Gasteiger partial charge in [-0.25, -0.2) is 4.79 Å². The Hall–Kier alpha value is -2.29. The number of hydrogen-bond acceptors (Lipinski definition) is 1. The Bertz CT molecular complexity index is 751. The van der Waals surface area contributed by atoms with Gasteiger partial charge in [0.1, 0.15) is 0 Å². The number of carbonyl (C=O) groups excluding carboxylic acids is 1. The maximum Gasteiger partial charge on any atom is 0.319 e. The first-order chi connectivity index (χ1) is 12.6. The van der Waals surface area contributed by atoms with Crippen LogP contribution in [0.1, 0.15) is 74.2 Å². The first-order valence-electron chi connectivity index (χ1n) is 9.89. The topological polar surface area (TPSA) is 41.1 Å². The minimum atomic E-state index is -0.138. The lowest BCUT2D eigenvalue weighted by atomic mass is 9.95. The van der Waals surface area contributed by atoms with E-state index >= 15 is 0 Å². The Morgan fingerprint density at radius 2 is 1.65 bits per heavy atom. The minimum Gasteiger partial charge on any atom is -0.331 e. The highest BCUT2D eigenvalue weighted by molar-refractivity contribution is 5.89. The molecule has 0 fully saturated rings. The van der Waals surface area contributed by atoms with E-state index in [0.717, 1.165) is 36.9 Å². The molecule has 3 rings (SSSR count). The van der Waals surface area contributed by atoms with Crippen LogP contribution in [-0.2, 0) is 12.8 Å². The minimum absolute atomic E-state index is 0.0235. The Morgan fingerprint density at radius 1 is 0.962 bits per heavy atom. The van der Waals surface area contributed by atoms with Crippen molar-refractivity contribution >= 4 is 11.7 Å². The summed E-state index contributed by atoms with van der Waals surface area (Å²) in [6, 6.07) is 14.8. The van der Waals surface area contributed by atoms with Crippen LogP contribution in [0.25, 0.3) is 0 Å². The Kier molecular flexibility index (Phi) is 5.97. The second-order valence-electron chi connectivity index (χ2n) is 7.37. The monoisotopic (exact) mass is 350 g/mol. The predicted molar refractivity (Wildman–Crippen MR) is 109 cm³/mol. The fourth-order valence-corrected chi connectivity index (χ4v) is 3.69. The number of carbonyl (C=O) groups is 1. The molecule has 0 radical (unpaired) electrons. The highest BCUT2D eigenvalue weighted by atomic mass is 16.2. The molecule has 0 saturated heterocycles. The van der Waals surface area contributed by atoms with Gasteiger partial charge >= 0.3 is 6.03 Å². The molecule has 2 unspecified atom stereocenters. The van der Waals surface area contributed by atoms with E-state index in [1.54, 1.807) is 0 Å². The van der Waals surface area contributed by atoms with Crippen molar-refractivity contribution in [2.75, 3.05) is 5.32 Å². The molecule has 0 spiro atoms. The van der Waals surface area contributed by atoms with Gasteiger partial charge in [0.25, 0.3) is 0 Å². The summed E-state index contributed by atoms with van der Waals surface area (Å²) in [5.74, 6) is 0.570. The summed E-state index contributed by atoms with van der Waals surface area (Å²) in [6.07, 6.45) is 5.49. The molecule has 138 valence electrons. The first kappa shape index (κ1) is 18.5. The Balaban J connectivity index is 1.63. The molecule has 3 heteroatoms. The third kappa shape index (κ3) is 4.27. The summed E-state index contributed by atoms with van der Waals surface area (Å²) >= 11 is 0. The van der Waals surface area contributed by atoms with Crippen molar-refractivity contribution in [3.05, 3.63) is 64.7 Å². The number of rotatable bonds is 6. The normalized spacial score (nSPS) is 15.2. The van der Waals surface area contributed by atoms with Gasteiger partial charge in [-0.2, -0.15) is 0 Å². The Labute approximate surface area is 157 Å². The molecule has 2 aromatic carbocycles. The second-order valence-corrected chi connectivity index (χ2v) is 7.37. The van der Waals surface area contributed by atoms with E-state index in [1.807, 2.05) is 6.07 Å². The van der Waals surface area contributed by atoms with Crippen molar-refractivity contribution in [1.82, 2.24) is 5.32 Å². The molecular formula is C23H30N2O. The summed E-state index contributed by atoms with van der Waals surface area (Å²) in [4.78, 5) is 12.5. The van der Waals surface area contributed by atoms with Crippen LogP contribution in [0.2, 0.25) is 0 Å². The molecule has 0 heterocycles. The lowest BCUT2D eigenvalue weighted by Crippen LogP contribution is -2.32. The maximum atomic E-state index is 12.5. The molecule has 2 aromatic rings. The summed E-state index contributed by atoms with van der Waals surface area (Å²) in [6.45, 7) is 6.55. The molecular weight excluding hydrogens is 320 g/mol. The van der Waals surface area contributed by atoms with Crippen LogP contribution in [-0.4, -0.2) is 6.03 Å². The second kappa shape index (κ2) is 8.39. The Morgan fingerprint density at radius 3 is 2.35 bits per heavy atom. The van der Waals surface area contributed by atoms with E-state index in [0.29, 0.717) is 5.92 Å². The van der Waals surface area contributed by atoms with E-state index in [9.17, 15) is 4.79 Å². The van der Waals surface area contributed by atoms with Gasteiger partial charge in [-0.1, -0.05) is 51.1 Å². The van der Waals surface area contributed by atoms with Crippen molar-refractivity contribution in [1.29, 1.82) is 0 Å². The van der Waals surface area contributed by atoms with Crippen LogP contribution < -0.4 is 10.6 Å². The first-order valence-corrected chi connectivity index (χ1v) is 9.89. The molecule has 2 atom stereocenters. The van der Waals surface area contributed by atoms with E-state index in [4.69, 9.17) is 0 Å². The molecule has 1 aliphatic carbocycles. The van der Waals surface area contributed by atoms with Crippen LogP contribution in [0.5, 0.6) is 0 Å². The van der Waals surface area contributed by atoms with Gasteiger partial charge in [-0.3, -0.25) is 0 Å². The number of aryl methyl sites for hydroxylation is 2. The number of anilines is 1. The standard InChI is InChI=1S/C23H30N2O/c1-4-16(3)17-9-11-19(12-10-17)22(5-2)25-23(26)24-21-14-13-18-7-6-8-20(18)15-21/h9-16,22H,4-8H2,1-3H3,(H2,24,25,26).